The van der Waals surface area contributed by atoms with E-state index < -0.39 is 5.97 Å². The second-order valence-electron chi connectivity index (χ2n) is 5.40. The van der Waals surface area contributed by atoms with Crippen molar-refractivity contribution in [1.82, 2.24) is 9.88 Å². The lowest BCUT2D eigenvalue weighted by atomic mass is 10.3. The number of para-hydroxylation sites is 1. The van der Waals surface area contributed by atoms with E-state index in [9.17, 15) is 4.79 Å². The molecule has 5 heteroatoms. The van der Waals surface area contributed by atoms with Crippen LogP contribution in [-0.2, 0) is 6.54 Å². The Morgan fingerprint density at radius 1 is 1.23 bits per heavy atom. The van der Waals surface area contributed by atoms with Crippen LogP contribution in [0.15, 0.2) is 48.5 Å². The van der Waals surface area contributed by atoms with Gasteiger partial charge in [-0.1, -0.05) is 24.3 Å². The maximum Gasteiger partial charge on any atom is 0.354 e. The average molecular weight is 298 g/mol. The summed E-state index contributed by atoms with van der Waals surface area (Å²) in [6.07, 6.45) is 1.14. The summed E-state index contributed by atoms with van der Waals surface area (Å²) in [7, 11) is 0. The van der Waals surface area contributed by atoms with Gasteiger partial charge in [0.15, 0.2) is 0 Å². The van der Waals surface area contributed by atoms with E-state index in [-0.39, 0.29) is 11.8 Å². The third kappa shape index (κ3) is 3.62. The number of ether oxygens (including phenoxy) is 1. The molecule has 1 aliphatic rings. The zero-order valence-corrected chi connectivity index (χ0v) is 12.2. The van der Waals surface area contributed by atoms with Crippen molar-refractivity contribution in [3.8, 4) is 5.75 Å². The van der Waals surface area contributed by atoms with Crippen LogP contribution < -0.4 is 4.74 Å². The summed E-state index contributed by atoms with van der Waals surface area (Å²) in [5.41, 5.74) is 0.869. The Balaban J connectivity index is 1.57. The first-order valence-electron chi connectivity index (χ1n) is 7.34. The first-order chi connectivity index (χ1) is 10.7. The highest BCUT2D eigenvalue weighted by Crippen LogP contribution is 2.19. The minimum absolute atomic E-state index is 0.0915. The number of nitrogens with zero attached hydrogens (tertiary/aromatic N) is 2. The van der Waals surface area contributed by atoms with Gasteiger partial charge in [0, 0.05) is 19.6 Å². The molecule has 0 aliphatic carbocycles. The molecule has 114 valence electrons. The number of aromatic nitrogens is 1. The summed E-state index contributed by atoms with van der Waals surface area (Å²) in [6.45, 7) is 2.40. The standard InChI is InChI=1S/C17H18N2O3/c20-17(21)16-8-4-5-13(18-16)11-19-10-9-15(12-19)22-14-6-2-1-3-7-14/h1-8,15H,9-12H2,(H,20,21)/t15-/m0/s1. The molecule has 3 rings (SSSR count). The molecule has 0 bridgehead atoms. The van der Waals surface area contributed by atoms with Crippen molar-refractivity contribution in [2.24, 2.45) is 0 Å². The Morgan fingerprint density at radius 3 is 2.82 bits per heavy atom. The van der Waals surface area contributed by atoms with Crippen molar-refractivity contribution >= 4 is 5.97 Å². The number of pyridine rings is 1. The van der Waals surface area contributed by atoms with Gasteiger partial charge < -0.3 is 9.84 Å². The van der Waals surface area contributed by atoms with Crippen molar-refractivity contribution in [2.45, 2.75) is 19.1 Å². The van der Waals surface area contributed by atoms with E-state index in [0.29, 0.717) is 6.54 Å². The number of carboxylic acid groups (broad SMARTS) is 1. The van der Waals surface area contributed by atoms with Gasteiger partial charge in [-0.3, -0.25) is 4.90 Å². The fourth-order valence-electron chi connectivity index (χ4n) is 2.64. The van der Waals surface area contributed by atoms with E-state index in [1.165, 1.54) is 6.07 Å². The molecule has 2 aromatic rings. The Bertz CT molecular complexity index is 645. The number of rotatable bonds is 5. The fourth-order valence-corrected chi connectivity index (χ4v) is 2.64. The highest BCUT2D eigenvalue weighted by molar-refractivity contribution is 5.85. The van der Waals surface area contributed by atoms with Crippen molar-refractivity contribution in [2.75, 3.05) is 13.1 Å². The van der Waals surface area contributed by atoms with E-state index in [2.05, 4.69) is 9.88 Å². The van der Waals surface area contributed by atoms with Crippen LogP contribution in [0.2, 0.25) is 0 Å². The van der Waals surface area contributed by atoms with Gasteiger partial charge >= 0.3 is 5.97 Å². The van der Waals surface area contributed by atoms with Gasteiger partial charge in [-0.05, 0) is 30.7 Å². The van der Waals surface area contributed by atoms with E-state index in [1.807, 2.05) is 36.4 Å². The van der Waals surface area contributed by atoms with Gasteiger partial charge in [-0.15, -0.1) is 0 Å². The van der Waals surface area contributed by atoms with Crippen molar-refractivity contribution in [3.05, 3.63) is 59.9 Å². The molecule has 1 N–H and O–H groups in total. The molecule has 1 atom stereocenters. The van der Waals surface area contributed by atoms with Gasteiger partial charge in [0.2, 0.25) is 0 Å². The number of hydrogen-bond donors (Lipinski definition) is 1. The molecular formula is C17H18N2O3. The van der Waals surface area contributed by atoms with E-state index in [4.69, 9.17) is 9.84 Å². The third-order valence-electron chi connectivity index (χ3n) is 3.69. The predicted octanol–water partition coefficient (Wildman–Crippen LogP) is 2.43. The highest BCUT2D eigenvalue weighted by atomic mass is 16.5. The largest absolute Gasteiger partial charge is 0.489 e. The number of carbonyl (C=O) groups is 1. The summed E-state index contributed by atoms with van der Waals surface area (Å²) in [5, 5.41) is 8.98. The van der Waals surface area contributed by atoms with Gasteiger partial charge in [0.25, 0.3) is 0 Å². The lowest BCUT2D eigenvalue weighted by molar-refractivity contribution is 0.0690. The molecule has 0 radical (unpaired) electrons. The minimum Gasteiger partial charge on any atom is -0.489 e. The summed E-state index contributed by atoms with van der Waals surface area (Å²) >= 11 is 0. The van der Waals surface area contributed by atoms with E-state index in [1.54, 1.807) is 6.07 Å². The number of carboxylic acids is 1. The fraction of sp³-hybridized carbons (Fsp3) is 0.294. The van der Waals surface area contributed by atoms with Gasteiger partial charge in [0.1, 0.15) is 17.5 Å². The smallest absolute Gasteiger partial charge is 0.354 e. The first kappa shape index (κ1) is 14.5. The minimum atomic E-state index is -0.992. The topological polar surface area (TPSA) is 62.7 Å². The average Bonchev–Trinajstić information content (AvgIpc) is 2.95. The molecule has 1 aromatic heterocycles. The summed E-state index contributed by atoms with van der Waals surface area (Å²) in [4.78, 5) is 17.3. The quantitative estimate of drug-likeness (QED) is 0.918. The number of benzene rings is 1. The summed E-state index contributed by atoms with van der Waals surface area (Å²) in [5.74, 6) is -0.103. The molecule has 0 amide bonds. The van der Waals surface area contributed by atoms with Crippen LogP contribution in [-0.4, -0.2) is 40.2 Å². The zero-order chi connectivity index (χ0) is 15.4. The van der Waals surface area contributed by atoms with Crippen LogP contribution >= 0.6 is 0 Å². The lowest BCUT2D eigenvalue weighted by Crippen LogP contribution is -2.25. The van der Waals surface area contributed by atoms with Crippen LogP contribution in [0, 0.1) is 0 Å². The van der Waals surface area contributed by atoms with Crippen molar-refractivity contribution < 1.29 is 14.6 Å². The van der Waals surface area contributed by atoms with E-state index >= 15 is 0 Å². The van der Waals surface area contributed by atoms with Gasteiger partial charge in [-0.25, -0.2) is 9.78 Å². The predicted molar refractivity (Wildman–Crippen MR) is 81.9 cm³/mol. The normalized spacial score (nSPS) is 18.3. The van der Waals surface area contributed by atoms with Crippen LogP contribution in [0.4, 0.5) is 0 Å². The molecule has 0 saturated carbocycles. The molecule has 1 aromatic carbocycles. The molecule has 1 aliphatic heterocycles. The molecule has 22 heavy (non-hydrogen) atoms. The zero-order valence-electron chi connectivity index (χ0n) is 12.2. The third-order valence-corrected chi connectivity index (χ3v) is 3.69. The number of hydrogen-bond acceptors (Lipinski definition) is 4. The molecule has 1 saturated heterocycles. The second-order valence-corrected chi connectivity index (χ2v) is 5.40. The Kier molecular flexibility index (Phi) is 4.34. The SMILES string of the molecule is O=C(O)c1cccc(CN2CC[C@H](Oc3ccccc3)C2)n1. The summed E-state index contributed by atoms with van der Waals surface area (Å²) in [6, 6.07) is 14.9. The van der Waals surface area contributed by atoms with Crippen LogP contribution in [0.3, 0.4) is 0 Å². The molecule has 0 unspecified atom stereocenters. The first-order valence-corrected chi connectivity index (χ1v) is 7.34. The maximum atomic E-state index is 10.9. The van der Waals surface area contributed by atoms with Gasteiger partial charge in [-0.2, -0.15) is 0 Å². The second kappa shape index (κ2) is 6.58. The number of aromatic carboxylic acids is 1. The Morgan fingerprint density at radius 2 is 2.05 bits per heavy atom. The van der Waals surface area contributed by atoms with Crippen LogP contribution in [0.5, 0.6) is 5.75 Å². The lowest BCUT2D eigenvalue weighted by Gasteiger charge is -2.16. The monoisotopic (exact) mass is 298 g/mol. The Labute approximate surface area is 129 Å². The van der Waals surface area contributed by atoms with Crippen LogP contribution in [0.1, 0.15) is 22.6 Å². The van der Waals surface area contributed by atoms with E-state index in [0.717, 1.165) is 31.0 Å². The number of likely N-dealkylation sites (tertiary alicyclic amines) is 1. The van der Waals surface area contributed by atoms with Crippen LogP contribution in [0.25, 0.3) is 0 Å². The molecule has 1 fully saturated rings. The molecule has 5 nitrogen and oxygen atoms in total. The maximum absolute atomic E-state index is 10.9. The van der Waals surface area contributed by atoms with Crippen molar-refractivity contribution in [1.29, 1.82) is 0 Å². The van der Waals surface area contributed by atoms with Crippen molar-refractivity contribution in [3.63, 3.8) is 0 Å². The molecule has 2 heterocycles. The Hall–Kier alpha value is -2.40. The molecular weight excluding hydrogens is 280 g/mol. The van der Waals surface area contributed by atoms with Gasteiger partial charge in [0.05, 0.1) is 5.69 Å². The molecule has 0 spiro atoms. The summed E-state index contributed by atoms with van der Waals surface area (Å²) < 4.78 is 5.95. The highest BCUT2D eigenvalue weighted by Gasteiger charge is 2.24.